The zero-order valence-electron chi connectivity index (χ0n) is 28.2. The van der Waals surface area contributed by atoms with Crippen LogP contribution in [0.3, 0.4) is 0 Å². The molecule has 1 aromatic rings. The summed E-state index contributed by atoms with van der Waals surface area (Å²) >= 11 is 3.70. The number of esters is 1. The maximum atomic E-state index is 14.7. The molecular weight excluding hydrogens is 666 g/mol. The highest BCUT2D eigenvalue weighted by Gasteiger charge is 2.77. The van der Waals surface area contributed by atoms with Crippen molar-refractivity contribution in [2.24, 2.45) is 17.3 Å². The number of benzene rings is 1. The first kappa shape index (κ1) is 36.8. The second-order valence-electron chi connectivity index (χ2n) is 14.7. The lowest BCUT2D eigenvalue weighted by Crippen LogP contribution is -2.61. The third-order valence-corrected chi connectivity index (χ3v) is 10.2. The molecule has 1 aromatic carbocycles. The van der Waals surface area contributed by atoms with E-state index in [9.17, 15) is 24.3 Å². The van der Waals surface area contributed by atoms with Crippen LogP contribution in [-0.2, 0) is 28.7 Å². The van der Waals surface area contributed by atoms with Crippen LogP contribution in [0.2, 0.25) is 0 Å². The van der Waals surface area contributed by atoms with Crippen molar-refractivity contribution in [1.82, 2.24) is 15.1 Å². The van der Waals surface area contributed by atoms with Gasteiger partial charge >= 0.3 is 5.97 Å². The van der Waals surface area contributed by atoms with Crippen LogP contribution in [0.4, 0.5) is 0 Å². The Labute approximate surface area is 287 Å². The average molecular weight is 717 g/mol. The van der Waals surface area contributed by atoms with Crippen LogP contribution in [0.15, 0.2) is 55.6 Å². The Morgan fingerprint density at radius 1 is 1.19 bits per heavy atom. The van der Waals surface area contributed by atoms with Gasteiger partial charge in [0.15, 0.2) is 0 Å². The summed E-state index contributed by atoms with van der Waals surface area (Å²) in [5.41, 5.74) is -1.32. The molecule has 11 heteroatoms. The molecule has 258 valence electrons. The van der Waals surface area contributed by atoms with E-state index in [1.54, 1.807) is 17.1 Å². The highest BCUT2D eigenvalue weighted by atomic mass is 79.9. The molecule has 3 saturated heterocycles. The molecule has 3 fully saturated rings. The molecule has 3 amide bonds. The van der Waals surface area contributed by atoms with E-state index in [1.165, 1.54) is 4.90 Å². The average Bonchev–Trinajstić information content (AvgIpc) is 3.59. The summed E-state index contributed by atoms with van der Waals surface area (Å²) < 4.78 is 12.8. The van der Waals surface area contributed by atoms with Crippen LogP contribution < -0.4 is 5.32 Å². The molecule has 3 aliphatic heterocycles. The molecule has 1 spiro atoms. The van der Waals surface area contributed by atoms with E-state index >= 15 is 0 Å². The standard InChI is InChI=1S/C36H50BrN3O7/c1-8-10-16-26(42)38-21-25(23-14-12-11-13-15-23)46-33(45)27-28-31(43)39(18-19-41)30(36(28)20-24(37)29(27)47-36)32(44)40(17-9-2)35(6,7)22-34(3,4)5/h8-9,11-15,24-25,27-30,41H,1-2,10,16-22H2,3-7H3,(H,38,42)/t24?,25-,27-,28+,29-,30-,36+/m1/s1. The summed E-state index contributed by atoms with van der Waals surface area (Å²) in [6, 6.07) is 8.05. The number of alkyl halides is 1. The van der Waals surface area contributed by atoms with E-state index in [-0.39, 0.29) is 54.7 Å². The molecule has 1 unspecified atom stereocenters. The molecule has 2 bridgehead atoms. The first-order chi connectivity index (χ1) is 22.1. The van der Waals surface area contributed by atoms with E-state index in [4.69, 9.17) is 9.47 Å². The van der Waals surface area contributed by atoms with Crippen LogP contribution in [0.1, 0.15) is 72.0 Å². The lowest BCUT2D eigenvalue weighted by molar-refractivity contribution is -0.160. The van der Waals surface area contributed by atoms with Crippen molar-refractivity contribution in [3.8, 4) is 0 Å². The topological polar surface area (TPSA) is 125 Å². The number of carbonyl (C=O) groups is 4. The predicted molar refractivity (Wildman–Crippen MR) is 182 cm³/mol. The van der Waals surface area contributed by atoms with Gasteiger partial charge in [-0.3, -0.25) is 19.2 Å². The fourth-order valence-corrected chi connectivity index (χ4v) is 8.92. The highest BCUT2D eigenvalue weighted by Crippen LogP contribution is 2.60. The first-order valence-corrected chi connectivity index (χ1v) is 17.3. The normalized spacial score (nSPS) is 27.3. The van der Waals surface area contributed by atoms with E-state index < -0.39 is 53.1 Å². The second kappa shape index (κ2) is 14.6. The zero-order chi connectivity index (χ0) is 34.7. The summed E-state index contributed by atoms with van der Waals surface area (Å²) in [6.07, 6.45) is 3.59. The van der Waals surface area contributed by atoms with Gasteiger partial charge in [0, 0.05) is 29.9 Å². The molecule has 0 aliphatic carbocycles. The molecule has 3 heterocycles. The van der Waals surface area contributed by atoms with Crippen molar-refractivity contribution >= 4 is 39.6 Å². The van der Waals surface area contributed by atoms with Crippen molar-refractivity contribution in [1.29, 1.82) is 0 Å². The van der Waals surface area contributed by atoms with Crippen molar-refractivity contribution in [3.63, 3.8) is 0 Å². The van der Waals surface area contributed by atoms with Gasteiger partial charge in [0.2, 0.25) is 17.7 Å². The van der Waals surface area contributed by atoms with Gasteiger partial charge in [0.25, 0.3) is 0 Å². The number of aliphatic hydroxyl groups excluding tert-OH is 1. The number of hydrogen-bond donors (Lipinski definition) is 2. The molecule has 47 heavy (non-hydrogen) atoms. The Balaban J connectivity index is 1.68. The monoisotopic (exact) mass is 715 g/mol. The molecule has 10 nitrogen and oxygen atoms in total. The van der Waals surface area contributed by atoms with Crippen LogP contribution in [0, 0.1) is 17.3 Å². The van der Waals surface area contributed by atoms with Gasteiger partial charge in [-0.1, -0.05) is 79.2 Å². The molecule has 0 saturated carbocycles. The minimum Gasteiger partial charge on any atom is -0.455 e. The number of aliphatic hydroxyl groups is 1. The molecule has 2 N–H and O–H groups in total. The van der Waals surface area contributed by atoms with E-state index in [0.29, 0.717) is 24.8 Å². The minimum absolute atomic E-state index is 0.0442. The highest BCUT2D eigenvalue weighted by molar-refractivity contribution is 9.09. The minimum atomic E-state index is -1.30. The number of rotatable bonds is 15. The molecular formula is C36H50BrN3O7. The zero-order valence-corrected chi connectivity index (χ0v) is 29.8. The van der Waals surface area contributed by atoms with E-state index in [1.807, 2.05) is 44.2 Å². The lowest BCUT2D eigenvalue weighted by atomic mass is 9.70. The van der Waals surface area contributed by atoms with Crippen molar-refractivity contribution in [2.45, 2.75) is 94.5 Å². The summed E-state index contributed by atoms with van der Waals surface area (Å²) in [6.45, 7) is 17.7. The summed E-state index contributed by atoms with van der Waals surface area (Å²) in [4.78, 5) is 58.5. The van der Waals surface area contributed by atoms with Crippen LogP contribution in [0.25, 0.3) is 0 Å². The van der Waals surface area contributed by atoms with E-state index in [0.717, 1.165) is 0 Å². The van der Waals surface area contributed by atoms with Crippen molar-refractivity contribution in [2.75, 3.05) is 26.2 Å². The first-order valence-electron chi connectivity index (χ1n) is 16.4. The van der Waals surface area contributed by atoms with Gasteiger partial charge in [0.1, 0.15) is 17.7 Å². The van der Waals surface area contributed by atoms with Gasteiger partial charge in [-0.15, -0.1) is 13.2 Å². The van der Waals surface area contributed by atoms with Crippen LogP contribution in [-0.4, -0.2) is 93.0 Å². The Kier molecular flexibility index (Phi) is 11.4. The lowest BCUT2D eigenvalue weighted by Gasteiger charge is -2.45. The number of nitrogens with zero attached hydrogens (tertiary/aromatic N) is 2. The number of ether oxygens (including phenoxy) is 2. The quantitative estimate of drug-likeness (QED) is 0.157. The number of halogens is 1. The van der Waals surface area contributed by atoms with Gasteiger partial charge in [-0.25, -0.2) is 0 Å². The van der Waals surface area contributed by atoms with Crippen molar-refractivity contribution in [3.05, 3.63) is 61.2 Å². The Bertz CT molecular complexity index is 1350. The number of β-amino-alcohol motifs (C(OH)–C–C–N with tert-alkyl or cyclic N) is 1. The summed E-state index contributed by atoms with van der Waals surface area (Å²) in [5.74, 6) is -3.54. The fourth-order valence-electron chi connectivity index (χ4n) is 7.97. The van der Waals surface area contributed by atoms with Gasteiger partial charge in [-0.05, 0) is 44.1 Å². The number of nitrogens with one attached hydrogen (secondary N) is 1. The molecule has 4 rings (SSSR count). The molecule has 0 radical (unpaired) electrons. The molecule has 0 aromatic heterocycles. The molecule has 7 atom stereocenters. The number of amides is 3. The Morgan fingerprint density at radius 2 is 1.87 bits per heavy atom. The number of hydrogen-bond acceptors (Lipinski definition) is 7. The van der Waals surface area contributed by atoms with Crippen LogP contribution in [0.5, 0.6) is 0 Å². The molecule has 3 aliphatic rings. The third-order valence-electron chi connectivity index (χ3n) is 9.40. The number of allylic oxidation sites excluding steroid dienone is 1. The smallest absolute Gasteiger partial charge is 0.313 e. The number of fused-ring (bicyclic) bond motifs is 1. The van der Waals surface area contributed by atoms with Crippen LogP contribution >= 0.6 is 15.9 Å². The van der Waals surface area contributed by atoms with Gasteiger partial charge in [0.05, 0.1) is 31.1 Å². The predicted octanol–water partition coefficient (Wildman–Crippen LogP) is 4.32. The largest absolute Gasteiger partial charge is 0.455 e. The van der Waals surface area contributed by atoms with Crippen molar-refractivity contribution < 1.29 is 33.8 Å². The fraction of sp³-hybridized carbons (Fsp3) is 0.611. The maximum absolute atomic E-state index is 14.7. The van der Waals surface area contributed by atoms with Gasteiger partial charge < -0.3 is 29.7 Å². The Hall–Kier alpha value is -3.02. The van der Waals surface area contributed by atoms with E-state index in [2.05, 4.69) is 55.2 Å². The summed E-state index contributed by atoms with van der Waals surface area (Å²) in [5, 5.41) is 12.9. The van der Waals surface area contributed by atoms with Gasteiger partial charge in [-0.2, -0.15) is 0 Å². The number of likely N-dealkylation sites (tertiary alicyclic amines) is 1. The number of carbonyl (C=O) groups excluding carboxylic acids is 4. The second-order valence-corrected chi connectivity index (χ2v) is 15.8. The SMILES string of the molecule is C=CCCC(=O)NC[C@@H](OC(=O)[C@H]1[C@@H]2O[C@@]3(CC2Br)[C@@H]1C(=O)N(CCO)[C@@H]3C(=O)N(CC=C)C(C)(C)CC(C)(C)C)c1ccccc1. The third kappa shape index (κ3) is 7.52. The Morgan fingerprint density at radius 3 is 2.47 bits per heavy atom. The summed E-state index contributed by atoms with van der Waals surface area (Å²) in [7, 11) is 0. The maximum Gasteiger partial charge on any atom is 0.313 e.